The highest BCUT2D eigenvalue weighted by Crippen LogP contribution is 2.24. The lowest BCUT2D eigenvalue weighted by Crippen LogP contribution is -2.42. The number of hydrogen-bond donors (Lipinski definition) is 1. The van der Waals surface area contributed by atoms with Crippen molar-refractivity contribution in [2.45, 2.75) is 13.8 Å². The van der Waals surface area contributed by atoms with E-state index in [4.69, 9.17) is 27.9 Å². The summed E-state index contributed by atoms with van der Waals surface area (Å²) < 4.78 is 4.95. The van der Waals surface area contributed by atoms with Gasteiger partial charge in [0, 0.05) is 13.1 Å². The summed E-state index contributed by atoms with van der Waals surface area (Å²) in [5.41, 5.74) is 0.00964. The van der Waals surface area contributed by atoms with Crippen LogP contribution in [-0.4, -0.2) is 48.9 Å². The SMILES string of the molecule is CCNC(=O)CN(CC)C(=O)COC(=O)c1c(Cl)cccc1Cl. The quantitative estimate of drug-likeness (QED) is 0.755. The number of rotatable bonds is 7. The summed E-state index contributed by atoms with van der Waals surface area (Å²) in [5.74, 6) is -1.54. The number of amides is 2. The summed E-state index contributed by atoms with van der Waals surface area (Å²) in [7, 11) is 0. The Balaban J connectivity index is 2.63. The molecule has 23 heavy (non-hydrogen) atoms. The molecule has 0 fully saturated rings. The van der Waals surface area contributed by atoms with Crippen LogP contribution < -0.4 is 5.32 Å². The van der Waals surface area contributed by atoms with Crippen molar-refractivity contribution in [1.82, 2.24) is 10.2 Å². The Bertz CT molecular complexity index is 573. The molecular weight excluding hydrogens is 343 g/mol. The normalized spacial score (nSPS) is 10.1. The molecule has 2 amide bonds. The first kappa shape index (κ1) is 19.3. The van der Waals surface area contributed by atoms with Gasteiger partial charge in [-0.25, -0.2) is 4.79 Å². The predicted octanol–water partition coefficient (Wildman–Crippen LogP) is 2.13. The van der Waals surface area contributed by atoms with E-state index in [-0.39, 0.29) is 28.1 Å². The van der Waals surface area contributed by atoms with E-state index in [1.807, 2.05) is 0 Å². The zero-order chi connectivity index (χ0) is 17.4. The third-order valence-electron chi connectivity index (χ3n) is 2.94. The summed E-state index contributed by atoms with van der Waals surface area (Å²) in [6, 6.07) is 4.59. The second kappa shape index (κ2) is 9.37. The average Bonchev–Trinajstić information content (AvgIpc) is 2.50. The number of benzene rings is 1. The fraction of sp³-hybridized carbons (Fsp3) is 0.400. The van der Waals surface area contributed by atoms with Crippen LogP contribution in [0.25, 0.3) is 0 Å². The van der Waals surface area contributed by atoms with Crippen LogP contribution in [0.1, 0.15) is 24.2 Å². The van der Waals surface area contributed by atoms with Gasteiger partial charge in [-0.2, -0.15) is 0 Å². The summed E-state index contributed by atoms with van der Waals surface area (Å²) in [6.07, 6.45) is 0. The van der Waals surface area contributed by atoms with Crippen molar-refractivity contribution in [2.75, 3.05) is 26.2 Å². The summed E-state index contributed by atoms with van der Waals surface area (Å²) in [6.45, 7) is 3.72. The second-order valence-electron chi connectivity index (χ2n) is 4.53. The van der Waals surface area contributed by atoms with Crippen molar-refractivity contribution in [2.24, 2.45) is 0 Å². The van der Waals surface area contributed by atoms with Gasteiger partial charge < -0.3 is 15.0 Å². The van der Waals surface area contributed by atoms with Gasteiger partial charge in [0.15, 0.2) is 6.61 Å². The van der Waals surface area contributed by atoms with E-state index < -0.39 is 18.5 Å². The number of nitrogens with zero attached hydrogens (tertiary/aromatic N) is 1. The van der Waals surface area contributed by atoms with Gasteiger partial charge in [0.1, 0.15) is 0 Å². The molecule has 6 nitrogen and oxygen atoms in total. The van der Waals surface area contributed by atoms with E-state index >= 15 is 0 Å². The molecule has 0 unspecified atom stereocenters. The number of hydrogen-bond acceptors (Lipinski definition) is 4. The molecule has 1 aromatic carbocycles. The van der Waals surface area contributed by atoms with Crippen LogP contribution >= 0.6 is 23.2 Å². The number of ether oxygens (including phenoxy) is 1. The zero-order valence-corrected chi connectivity index (χ0v) is 14.4. The second-order valence-corrected chi connectivity index (χ2v) is 5.35. The van der Waals surface area contributed by atoms with E-state index in [1.54, 1.807) is 19.9 Å². The number of halogens is 2. The first-order valence-corrected chi connectivity index (χ1v) is 7.81. The molecule has 0 aliphatic rings. The molecule has 0 saturated carbocycles. The zero-order valence-electron chi connectivity index (χ0n) is 12.9. The Morgan fingerprint density at radius 2 is 1.78 bits per heavy atom. The van der Waals surface area contributed by atoms with Gasteiger partial charge in [0.05, 0.1) is 22.2 Å². The third kappa shape index (κ3) is 5.73. The van der Waals surface area contributed by atoms with Crippen molar-refractivity contribution in [3.63, 3.8) is 0 Å². The van der Waals surface area contributed by atoms with Crippen molar-refractivity contribution < 1.29 is 19.1 Å². The molecular formula is C15H18Cl2N2O4. The standard InChI is InChI=1S/C15H18Cl2N2O4/c1-3-18-12(20)8-19(4-2)13(21)9-23-15(22)14-10(16)6-5-7-11(14)17/h5-7H,3-4,8-9H2,1-2H3,(H,18,20). The van der Waals surface area contributed by atoms with Gasteiger partial charge in [-0.3, -0.25) is 9.59 Å². The summed E-state index contributed by atoms with van der Waals surface area (Å²) in [5, 5.41) is 2.88. The van der Waals surface area contributed by atoms with Crippen molar-refractivity contribution in [3.05, 3.63) is 33.8 Å². The molecule has 126 valence electrons. The maximum Gasteiger partial charge on any atom is 0.341 e. The van der Waals surface area contributed by atoms with Gasteiger partial charge >= 0.3 is 5.97 Å². The lowest BCUT2D eigenvalue weighted by Gasteiger charge is -2.20. The molecule has 0 saturated heterocycles. The molecule has 1 rings (SSSR count). The van der Waals surface area contributed by atoms with Crippen LogP contribution in [0.3, 0.4) is 0 Å². The van der Waals surface area contributed by atoms with E-state index in [0.717, 1.165) is 0 Å². The summed E-state index contributed by atoms with van der Waals surface area (Å²) in [4.78, 5) is 36.8. The van der Waals surface area contributed by atoms with Crippen molar-refractivity contribution in [3.8, 4) is 0 Å². The van der Waals surface area contributed by atoms with E-state index in [9.17, 15) is 14.4 Å². The smallest absolute Gasteiger partial charge is 0.341 e. The molecule has 0 bridgehead atoms. The van der Waals surface area contributed by atoms with Gasteiger partial charge in [0.25, 0.3) is 5.91 Å². The highest BCUT2D eigenvalue weighted by Gasteiger charge is 2.20. The van der Waals surface area contributed by atoms with E-state index in [0.29, 0.717) is 13.1 Å². The maximum absolute atomic E-state index is 12.0. The minimum atomic E-state index is -0.789. The van der Waals surface area contributed by atoms with Crippen LogP contribution in [0, 0.1) is 0 Å². The van der Waals surface area contributed by atoms with Crippen LogP contribution in [0.5, 0.6) is 0 Å². The third-order valence-corrected chi connectivity index (χ3v) is 3.57. The fourth-order valence-electron chi connectivity index (χ4n) is 1.79. The fourth-order valence-corrected chi connectivity index (χ4v) is 2.34. The largest absolute Gasteiger partial charge is 0.452 e. The minimum Gasteiger partial charge on any atom is -0.452 e. The lowest BCUT2D eigenvalue weighted by molar-refractivity contribution is -0.138. The maximum atomic E-state index is 12.0. The van der Waals surface area contributed by atoms with Crippen LogP contribution in [0.15, 0.2) is 18.2 Å². The van der Waals surface area contributed by atoms with Gasteiger partial charge in [-0.15, -0.1) is 0 Å². The molecule has 0 aliphatic carbocycles. The lowest BCUT2D eigenvalue weighted by atomic mass is 10.2. The number of likely N-dealkylation sites (N-methyl/N-ethyl adjacent to an activating group) is 2. The molecule has 0 atom stereocenters. The molecule has 1 N–H and O–H groups in total. The first-order valence-electron chi connectivity index (χ1n) is 7.06. The molecule has 0 radical (unpaired) electrons. The molecule has 0 spiro atoms. The first-order chi connectivity index (χ1) is 10.9. The highest BCUT2D eigenvalue weighted by molar-refractivity contribution is 6.39. The van der Waals surface area contributed by atoms with Crippen LogP contribution in [0.2, 0.25) is 10.0 Å². The molecule has 0 aliphatic heterocycles. The number of carbonyl (C=O) groups is 3. The Morgan fingerprint density at radius 3 is 2.30 bits per heavy atom. The number of nitrogens with one attached hydrogen (secondary N) is 1. The Kier molecular flexibility index (Phi) is 7.85. The van der Waals surface area contributed by atoms with Crippen LogP contribution in [0.4, 0.5) is 0 Å². The van der Waals surface area contributed by atoms with Gasteiger partial charge in [-0.05, 0) is 26.0 Å². The number of esters is 1. The van der Waals surface area contributed by atoms with Gasteiger partial charge in [0.2, 0.25) is 5.91 Å². The highest BCUT2D eigenvalue weighted by atomic mass is 35.5. The molecule has 8 heteroatoms. The van der Waals surface area contributed by atoms with Crippen LogP contribution in [-0.2, 0) is 14.3 Å². The predicted molar refractivity (Wildman–Crippen MR) is 87.7 cm³/mol. The van der Waals surface area contributed by atoms with E-state index in [1.165, 1.54) is 17.0 Å². The topological polar surface area (TPSA) is 75.7 Å². The Hall–Kier alpha value is -1.79. The van der Waals surface area contributed by atoms with Crippen molar-refractivity contribution >= 4 is 41.0 Å². The minimum absolute atomic E-state index is 0.00964. The molecule has 0 heterocycles. The Morgan fingerprint density at radius 1 is 1.17 bits per heavy atom. The monoisotopic (exact) mass is 360 g/mol. The van der Waals surface area contributed by atoms with Crippen molar-refractivity contribution in [1.29, 1.82) is 0 Å². The van der Waals surface area contributed by atoms with Gasteiger partial charge in [-0.1, -0.05) is 29.3 Å². The van der Waals surface area contributed by atoms with E-state index in [2.05, 4.69) is 5.32 Å². The molecule has 0 aromatic heterocycles. The Labute approximate surface area is 144 Å². The summed E-state index contributed by atoms with van der Waals surface area (Å²) >= 11 is 11.8. The molecule has 1 aromatic rings. The number of carbonyl (C=O) groups excluding carboxylic acids is 3. The average molecular weight is 361 g/mol.